The zero-order chi connectivity index (χ0) is 20.3. The molecule has 0 saturated carbocycles. The van der Waals surface area contributed by atoms with Gasteiger partial charge in [0.15, 0.2) is 11.5 Å². The van der Waals surface area contributed by atoms with E-state index >= 15 is 0 Å². The number of hydrogen-bond donors (Lipinski definition) is 0. The zero-order valence-corrected chi connectivity index (χ0v) is 16.7. The molecule has 1 amide bonds. The lowest BCUT2D eigenvalue weighted by atomic mass is 10.1. The fourth-order valence-electron chi connectivity index (χ4n) is 2.47. The third-order valence-corrected chi connectivity index (χ3v) is 5.50. The summed E-state index contributed by atoms with van der Waals surface area (Å²) in [5.74, 6) is 0.913. The molecular weight excluding hydrogens is 400 g/mol. The van der Waals surface area contributed by atoms with Gasteiger partial charge in [0.2, 0.25) is 0 Å². The average Bonchev–Trinajstić information content (AvgIpc) is 2.93. The molecule has 7 nitrogen and oxygen atoms in total. The fraction of sp³-hybridized carbons (Fsp3) is 0.158. The Hall–Kier alpha value is -2.91. The SMILES string of the molecule is COc1cc(/C=C2/SC(=S)N(C)C2=O)ccc1OCc1ccc([N+](=O)[O-])cc1. The van der Waals surface area contributed by atoms with Gasteiger partial charge < -0.3 is 9.47 Å². The van der Waals surface area contributed by atoms with E-state index in [9.17, 15) is 14.9 Å². The Morgan fingerprint density at radius 2 is 1.93 bits per heavy atom. The number of carbonyl (C=O) groups excluding carboxylic acids is 1. The predicted molar refractivity (Wildman–Crippen MR) is 111 cm³/mol. The molecule has 2 aromatic rings. The van der Waals surface area contributed by atoms with Crippen molar-refractivity contribution in [2.24, 2.45) is 0 Å². The number of methoxy groups -OCH3 is 1. The molecule has 0 spiro atoms. The molecule has 0 aromatic heterocycles. The van der Waals surface area contributed by atoms with Crippen LogP contribution in [0.2, 0.25) is 0 Å². The number of thioether (sulfide) groups is 1. The molecule has 9 heteroatoms. The van der Waals surface area contributed by atoms with Gasteiger partial charge in [0, 0.05) is 19.2 Å². The van der Waals surface area contributed by atoms with E-state index in [1.807, 2.05) is 6.07 Å². The van der Waals surface area contributed by atoms with Gasteiger partial charge in [0.25, 0.3) is 11.6 Å². The van der Waals surface area contributed by atoms with E-state index in [4.69, 9.17) is 21.7 Å². The molecule has 2 aromatic carbocycles. The molecule has 1 saturated heterocycles. The van der Waals surface area contributed by atoms with Gasteiger partial charge in [0.1, 0.15) is 10.9 Å². The van der Waals surface area contributed by atoms with Crippen LogP contribution in [0.5, 0.6) is 11.5 Å². The average molecular weight is 416 g/mol. The van der Waals surface area contributed by atoms with Gasteiger partial charge in [-0.25, -0.2) is 0 Å². The molecule has 1 fully saturated rings. The van der Waals surface area contributed by atoms with Crippen molar-refractivity contribution >= 4 is 46.0 Å². The minimum Gasteiger partial charge on any atom is -0.493 e. The van der Waals surface area contributed by atoms with Crippen molar-refractivity contribution in [1.82, 2.24) is 4.90 Å². The Bertz CT molecular complexity index is 973. The predicted octanol–water partition coefficient (Wildman–Crippen LogP) is 4.01. The fourth-order valence-corrected chi connectivity index (χ4v) is 3.64. The summed E-state index contributed by atoms with van der Waals surface area (Å²) < 4.78 is 11.7. The molecular formula is C19H16N2O5S2. The van der Waals surface area contributed by atoms with E-state index in [1.54, 1.807) is 37.4 Å². The van der Waals surface area contributed by atoms with Crippen LogP contribution in [-0.4, -0.2) is 34.2 Å². The molecule has 0 atom stereocenters. The minimum atomic E-state index is -0.446. The number of amides is 1. The lowest BCUT2D eigenvalue weighted by Gasteiger charge is -2.11. The molecule has 0 aliphatic carbocycles. The van der Waals surface area contributed by atoms with E-state index in [0.29, 0.717) is 20.7 Å². The quantitative estimate of drug-likeness (QED) is 0.304. The summed E-state index contributed by atoms with van der Waals surface area (Å²) in [4.78, 5) is 24.4. The summed E-state index contributed by atoms with van der Waals surface area (Å²) in [7, 11) is 3.18. The Morgan fingerprint density at radius 1 is 1.21 bits per heavy atom. The first-order chi connectivity index (χ1) is 13.4. The highest BCUT2D eigenvalue weighted by molar-refractivity contribution is 8.26. The Labute approximate surface area is 171 Å². The van der Waals surface area contributed by atoms with Gasteiger partial charge in [-0.1, -0.05) is 30.0 Å². The van der Waals surface area contributed by atoms with Crippen LogP contribution in [0.3, 0.4) is 0 Å². The van der Waals surface area contributed by atoms with Crippen LogP contribution in [0.25, 0.3) is 6.08 Å². The van der Waals surface area contributed by atoms with Gasteiger partial charge in [0.05, 0.1) is 16.9 Å². The zero-order valence-electron chi connectivity index (χ0n) is 15.1. The van der Waals surface area contributed by atoms with E-state index in [-0.39, 0.29) is 18.2 Å². The van der Waals surface area contributed by atoms with Gasteiger partial charge in [-0.3, -0.25) is 19.8 Å². The second-order valence-corrected chi connectivity index (χ2v) is 7.54. The summed E-state index contributed by atoms with van der Waals surface area (Å²) >= 11 is 6.38. The molecule has 144 valence electrons. The van der Waals surface area contributed by atoms with Crippen LogP contribution < -0.4 is 9.47 Å². The number of hydrogen-bond acceptors (Lipinski definition) is 7. The molecule has 0 N–H and O–H groups in total. The highest BCUT2D eigenvalue weighted by Crippen LogP contribution is 2.34. The largest absolute Gasteiger partial charge is 0.493 e. The second-order valence-electron chi connectivity index (χ2n) is 5.86. The smallest absolute Gasteiger partial charge is 0.269 e. The maximum atomic E-state index is 12.1. The van der Waals surface area contributed by atoms with E-state index in [1.165, 1.54) is 35.9 Å². The number of nitro benzene ring substituents is 1. The summed E-state index contributed by atoms with van der Waals surface area (Å²) in [6.07, 6.45) is 1.76. The van der Waals surface area contributed by atoms with E-state index in [0.717, 1.165) is 11.1 Å². The van der Waals surface area contributed by atoms with Crippen molar-refractivity contribution in [3.63, 3.8) is 0 Å². The van der Waals surface area contributed by atoms with Crippen LogP contribution in [0, 0.1) is 10.1 Å². The highest BCUT2D eigenvalue weighted by atomic mass is 32.2. The number of likely N-dealkylation sites (N-methyl/N-ethyl adjacent to an activating group) is 1. The molecule has 28 heavy (non-hydrogen) atoms. The molecule has 0 bridgehead atoms. The number of thiocarbonyl (C=S) groups is 1. The molecule has 1 heterocycles. The maximum Gasteiger partial charge on any atom is 0.269 e. The van der Waals surface area contributed by atoms with Crippen molar-refractivity contribution < 1.29 is 19.2 Å². The van der Waals surface area contributed by atoms with Gasteiger partial charge in [-0.15, -0.1) is 0 Å². The Morgan fingerprint density at radius 3 is 2.50 bits per heavy atom. The second kappa shape index (κ2) is 8.41. The van der Waals surface area contributed by atoms with Crippen LogP contribution in [0.1, 0.15) is 11.1 Å². The normalized spacial score (nSPS) is 15.2. The molecule has 3 rings (SSSR count). The number of nitro groups is 1. The van der Waals surface area contributed by atoms with Crippen LogP contribution in [0.15, 0.2) is 47.4 Å². The highest BCUT2D eigenvalue weighted by Gasteiger charge is 2.28. The van der Waals surface area contributed by atoms with Crippen molar-refractivity contribution in [1.29, 1.82) is 0 Å². The monoisotopic (exact) mass is 416 g/mol. The Balaban J connectivity index is 1.74. The van der Waals surface area contributed by atoms with Crippen molar-refractivity contribution in [3.05, 3.63) is 68.6 Å². The number of non-ortho nitro benzene ring substituents is 1. The third kappa shape index (κ3) is 4.32. The molecule has 1 aliphatic heterocycles. The number of ether oxygens (including phenoxy) is 2. The van der Waals surface area contributed by atoms with E-state index < -0.39 is 4.92 Å². The van der Waals surface area contributed by atoms with Crippen LogP contribution >= 0.6 is 24.0 Å². The summed E-state index contributed by atoms with van der Waals surface area (Å²) in [6.45, 7) is 0.238. The number of benzene rings is 2. The lowest BCUT2D eigenvalue weighted by Crippen LogP contribution is -2.22. The van der Waals surface area contributed by atoms with Crippen molar-refractivity contribution in [2.45, 2.75) is 6.61 Å². The minimum absolute atomic E-state index is 0.0307. The van der Waals surface area contributed by atoms with Gasteiger partial charge >= 0.3 is 0 Å². The molecule has 0 radical (unpaired) electrons. The molecule has 0 unspecified atom stereocenters. The standard InChI is InChI=1S/C19H16N2O5S2/c1-20-18(22)17(28-19(20)27)10-13-5-8-15(16(9-13)25-2)26-11-12-3-6-14(7-4-12)21(23)24/h3-10H,11H2,1-2H3/b17-10+. The summed E-state index contributed by atoms with van der Waals surface area (Å²) in [5.41, 5.74) is 1.61. The third-order valence-electron chi connectivity index (χ3n) is 4.01. The molecule has 1 aliphatic rings. The van der Waals surface area contributed by atoms with E-state index in [2.05, 4.69) is 0 Å². The first-order valence-corrected chi connectivity index (χ1v) is 9.37. The van der Waals surface area contributed by atoms with Crippen LogP contribution in [-0.2, 0) is 11.4 Å². The number of rotatable bonds is 6. The van der Waals surface area contributed by atoms with Gasteiger partial charge in [-0.2, -0.15) is 0 Å². The van der Waals surface area contributed by atoms with Crippen molar-refractivity contribution in [3.8, 4) is 11.5 Å². The number of carbonyl (C=O) groups is 1. The summed E-state index contributed by atoms with van der Waals surface area (Å²) in [6, 6.07) is 11.5. The number of nitrogens with zero attached hydrogens (tertiary/aromatic N) is 2. The Kier molecular flexibility index (Phi) is 5.96. The maximum absolute atomic E-state index is 12.1. The topological polar surface area (TPSA) is 81.9 Å². The first-order valence-electron chi connectivity index (χ1n) is 8.15. The van der Waals surface area contributed by atoms with Crippen molar-refractivity contribution in [2.75, 3.05) is 14.2 Å². The lowest BCUT2D eigenvalue weighted by molar-refractivity contribution is -0.384. The van der Waals surface area contributed by atoms with Crippen LogP contribution in [0.4, 0.5) is 5.69 Å². The first kappa shape index (κ1) is 19.8. The van der Waals surface area contributed by atoms with Gasteiger partial charge in [-0.05, 0) is 41.5 Å². The summed E-state index contributed by atoms with van der Waals surface area (Å²) in [5, 5.41) is 10.7.